The third kappa shape index (κ3) is 8.33. The number of imide groups is 1. The summed E-state index contributed by atoms with van der Waals surface area (Å²) >= 11 is 0. The number of carbonyl (C=O) groups is 3. The van der Waals surface area contributed by atoms with Crippen molar-refractivity contribution in [2.45, 2.75) is 89.8 Å². The third-order valence-electron chi connectivity index (χ3n) is 11.2. The monoisotopic (exact) mass is 799 g/mol. The molecule has 15 nitrogen and oxygen atoms in total. The van der Waals surface area contributed by atoms with Crippen LogP contribution in [0.3, 0.4) is 0 Å². The molecule has 5 N–H and O–H groups in total. The Labute approximate surface area is 341 Å². The van der Waals surface area contributed by atoms with E-state index in [2.05, 4.69) is 65.6 Å². The fourth-order valence-corrected chi connectivity index (χ4v) is 7.84. The molecule has 4 heterocycles. The predicted octanol–water partition coefficient (Wildman–Crippen LogP) is 6.40. The number of nitrogens with one attached hydrogen (secondary N) is 5. The highest BCUT2D eigenvalue weighted by Gasteiger charge is 2.31. The van der Waals surface area contributed by atoms with Crippen molar-refractivity contribution in [3.8, 4) is 22.8 Å². The average Bonchev–Trinajstić information content (AvgIpc) is 3.84. The number of carbonyl (C=O) groups excluding carboxylic acids is 3. The summed E-state index contributed by atoms with van der Waals surface area (Å²) in [6.07, 6.45) is 3.69. The molecule has 3 aromatic carbocycles. The molecule has 15 heteroatoms. The zero-order chi connectivity index (χ0) is 41.4. The molecule has 306 valence electrons. The Hall–Kier alpha value is -6.35. The lowest BCUT2D eigenvalue weighted by molar-refractivity contribution is -0.138. The lowest BCUT2D eigenvalue weighted by Gasteiger charge is -2.36. The SMILES string of the molecule is COc1cc2c(cc1NCCNC1CC(c3ccc(O[C@H]4CCC(=O)NC4=O)cc3)C1)[nH]c1ncnc(-c3ccc([C@@H](C)NC(=O)c4nc(C(C)(C)C)no4)c(C)c3)c12. The van der Waals surface area contributed by atoms with E-state index in [1.807, 2.05) is 65.0 Å². The van der Waals surface area contributed by atoms with Gasteiger partial charge in [-0.05, 0) is 79.6 Å². The number of ether oxygens (including phenoxy) is 2. The van der Waals surface area contributed by atoms with Gasteiger partial charge in [-0.1, -0.05) is 50.2 Å². The van der Waals surface area contributed by atoms with Gasteiger partial charge in [0.05, 0.1) is 35.4 Å². The molecule has 6 aromatic rings. The van der Waals surface area contributed by atoms with Gasteiger partial charge in [0.2, 0.25) is 5.91 Å². The molecule has 1 saturated heterocycles. The third-order valence-corrected chi connectivity index (χ3v) is 11.2. The van der Waals surface area contributed by atoms with Gasteiger partial charge in [0.25, 0.3) is 5.91 Å². The van der Waals surface area contributed by atoms with E-state index in [1.165, 1.54) is 5.56 Å². The quantitative estimate of drug-likeness (QED) is 0.0638. The van der Waals surface area contributed by atoms with Crippen LogP contribution >= 0.6 is 0 Å². The van der Waals surface area contributed by atoms with Crippen molar-refractivity contribution in [1.29, 1.82) is 0 Å². The number of piperidine rings is 1. The van der Waals surface area contributed by atoms with Crippen LogP contribution in [-0.4, -0.2) is 75.2 Å². The standard InChI is InChI=1S/C44H49N9O6/c1-23-17-26(9-12-30(23)24(2)49-41(56)42-52-43(53-59-42)44(3,4)5)38-37-31-20-35(57-6)33(21-32(31)50-39(37)48-22-47-38)46-16-15-45-28-18-27(19-28)25-7-10-29(11-8-25)58-34-13-14-36(54)51-40(34)55/h7-12,17,20-22,24,27-28,34,45-46H,13-16,18-19H2,1-6H3,(H,49,56)(H,47,48,50)(H,51,54,55)/t24-,27?,28?,34+/m1/s1. The highest BCUT2D eigenvalue weighted by atomic mass is 16.5. The number of aryl methyl sites for hydroxylation is 1. The van der Waals surface area contributed by atoms with Gasteiger partial charge in [-0.2, -0.15) is 4.98 Å². The van der Waals surface area contributed by atoms with Crippen LogP contribution in [0, 0.1) is 6.92 Å². The van der Waals surface area contributed by atoms with Crippen LogP contribution in [0.5, 0.6) is 11.5 Å². The zero-order valence-corrected chi connectivity index (χ0v) is 34.1. The number of hydrogen-bond acceptors (Lipinski definition) is 12. The first kappa shape index (κ1) is 39.5. The minimum Gasteiger partial charge on any atom is -0.495 e. The number of methoxy groups -OCH3 is 1. The van der Waals surface area contributed by atoms with Crippen molar-refractivity contribution in [2.24, 2.45) is 0 Å². The molecule has 0 radical (unpaired) electrons. The number of rotatable bonds is 13. The summed E-state index contributed by atoms with van der Waals surface area (Å²) in [6.45, 7) is 11.3. The molecule has 2 aliphatic rings. The van der Waals surface area contributed by atoms with Crippen LogP contribution in [-0.2, 0) is 15.0 Å². The molecule has 0 unspecified atom stereocenters. The van der Waals surface area contributed by atoms with Crippen LogP contribution in [0.2, 0.25) is 0 Å². The second kappa shape index (κ2) is 16.1. The number of amides is 3. The Morgan fingerprint density at radius 1 is 1.03 bits per heavy atom. The molecule has 1 aliphatic carbocycles. The summed E-state index contributed by atoms with van der Waals surface area (Å²) in [5.74, 6) is 1.18. The normalized spacial score (nSPS) is 18.6. The molecule has 3 amide bonds. The topological polar surface area (TPSA) is 198 Å². The summed E-state index contributed by atoms with van der Waals surface area (Å²) in [4.78, 5) is 53.5. The first-order valence-electron chi connectivity index (χ1n) is 20.0. The first-order chi connectivity index (χ1) is 28.3. The van der Waals surface area contributed by atoms with E-state index < -0.39 is 12.0 Å². The highest BCUT2D eigenvalue weighted by Crippen LogP contribution is 2.39. The summed E-state index contributed by atoms with van der Waals surface area (Å²) in [5, 5.41) is 18.3. The van der Waals surface area contributed by atoms with Gasteiger partial charge >= 0.3 is 11.8 Å². The van der Waals surface area contributed by atoms with Gasteiger partial charge in [0, 0.05) is 48.3 Å². The van der Waals surface area contributed by atoms with Crippen LogP contribution in [0.15, 0.2) is 65.4 Å². The number of anilines is 1. The second-order valence-corrected chi connectivity index (χ2v) is 16.5. The van der Waals surface area contributed by atoms with Crippen LogP contribution in [0.25, 0.3) is 33.2 Å². The Balaban J connectivity index is 0.876. The lowest BCUT2D eigenvalue weighted by Crippen LogP contribution is -2.46. The van der Waals surface area contributed by atoms with Crippen LogP contribution in [0.1, 0.15) is 98.5 Å². The second-order valence-electron chi connectivity index (χ2n) is 16.5. The lowest BCUT2D eigenvalue weighted by atomic mass is 9.76. The van der Waals surface area contributed by atoms with Gasteiger partial charge in [0.1, 0.15) is 23.5 Å². The maximum absolute atomic E-state index is 13.0. The predicted molar refractivity (Wildman–Crippen MR) is 222 cm³/mol. The summed E-state index contributed by atoms with van der Waals surface area (Å²) in [5.41, 5.74) is 7.08. The Morgan fingerprint density at radius 2 is 1.83 bits per heavy atom. The van der Waals surface area contributed by atoms with E-state index in [1.54, 1.807) is 13.4 Å². The van der Waals surface area contributed by atoms with Crippen molar-refractivity contribution in [3.63, 3.8) is 0 Å². The average molecular weight is 800 g/mol. The molecule has 1 saturated carbocycles. The zero-order valence-electron chi connectivity index (χ0n) is 34.1. The minimum atomic E-state index is -0.636. The van der Waals surface area contributed by atoms with Gasteiger partial charge in [-0.15, -0.1) is 0 Å². The molecule has 2 fully saturated rings. The fourth-order valence-electron chi connectivity index (χ4n) is 7.84. The molecular formula is C44H49N9O6. The fraction of sp³-hybridized carbons (Fsp3) is 0.386. The van der Waals surface area contributed by atoms with Gasteiger partial charge in [-0.3, -0.25) is 19.7 Å². The summed E-state index contributed by atoms with van der Waals surface area (Å²) in [6, 6.07) is 18.2. The molecule has 59 heavy (non-hydrogen) atoms. The number of fused-ring (bicyclic) bond motifs is 3. The van der Waals surface area contributed by atoms with E-state index in [4.69, 9.17) is 19.0 Å². The number of hydrogen-bond donors (Lipinski definition) is 5. The number of H-pyrrole nitrogens is 1. The smallest absolute Gasteiger partial charge is 0.315 e. The van der Waals surface area contributed by atoms with Crippen molar-refractivity contribution in [3.05, 3.63) is 89.3 Å². The maximum Gasteiger partial charge on any atom is 0.315 e. The number of aromatic amines is 1. The number of benzene rings is 3. The number of aromatic nitrogens is 5. The van der Waals surface area contributed by atoms with Crippen LogP contribution < -0.4 is 30.7 Å². The van der Waals surface area contributed by atoms with Crippen molar-refractivity contribution < 1.29 is 28.4 Å². The van der Waals surface area contributed by atoms with Crippen molar-refractivity contribution in [1.82, 2.24) is 41.0 Å². The minimum absolute atomic E-state index is 0.0604. The van der Waals surface area contributed by atoms with Crippen molar-refractivity contribution in [2.75, 3.05) is 25.5 Å². The largest absolute Gasteiger partial charge is 0.495 e. The Bertz CT molecular complexity index is 2530. The summed E-state index contributed by atoms with van der Waals surface area (Å²) in [7, 11) is 1.67. The first-order valence-corrected chi connectivity index (χ1v) is 20.0. The van der Waals surface area contributed by atoms with Gasteiger partial charge in [-0.25, -0.2) is 9.97 Å². The number of nitrogens with zero attached hydrogens (tertiary/aromatic N) is 4. The van der Waals surface area contributed by atoms with Gasteiger partial charge < -0.3 is 34.9 Å². The highest BCUT2D eigenvalue weighted by molar-refractivity contribution is 6.13. The van der Waals surface area contributed by atoms with E-state index in [0.29, 0.717) is 42.2 Å². The molecule has 1 aliphatic heterocycles. The maximum atomic E-state index is 13.0. The van der Waals surface area contributed by atoms with E-state index in [-0.39, 0.29) is 35.6 Å². The van der Waals surface area contributed by atoms with Gasteiger partial charge in [0.15, 0.2) is 11.9 Å². The molecular weight excluding hydrogens is 751 g/mol. The van der Waals surface area contributed by atoms with Crippen LogP contribution in [0.4, 0.5) is 5.69 Å². The van der Waals surface area contributed by atoms with E-state index in [9.17, 15) is 14.4 Å². The molecule has 0 bridgehead atoms. The van der Waals surface area contributed by atoms with Crippen molar-refractivity contribution >= 4 is 45.3 Å². The Morgan fingerprint density at radius 3 is 2.54 bits per heavy atom. The van der Waals surface area contributed by atoms with E-state index >= 15 is 0 Å². The summed E-state index contributed by atoms with van der Waals surface area (Å²) < 4.78 is 16.9. The molecule has 3 aromatic heterocycles. The molecule has 2 atom stereocenters. The molecule has 0 spiro atoms. The molecule has 8 rings (SSSR count). The Kier molecular flexibility index (Phi) is 10.8. The van der Waals surface area contributed by atoms with E-state index in [0.717, 1.165) is 69.4 Å².